The Labute approximate surface area is 189 Å². The minimum atomic E-state index is -0.302. The van der Waals surface area contributed by atoms with Crippen molar-refractivity contribution < 1.29 is 14.3 Å². The Morgan fingerprint density at radius 2 is 1.84 bits per heavy atom. The summed E-state index contributed by atoms with van der Waals surface area (Å²) in [7, 11) is 0. The Hall–Kier alpha value is -2.42. The van der Waals surface area contributed by atoms with Gasteiger partial charge < -0.3 is 14.5 Å². The van der Waals surface area contributed by atoms with E-state index in [-0.39, 0.29) is 17.9 Å². The SMILES string of the molecule is Cc1nn(-c2ccc(Cl)cc2)c2sc(C(=O)N3CCN(C(=O)C4CCCO4)CC3)cc12. The molecule has 0 bridgehead atoms. The fourth-order valence-corrected chi connectivity index (χ4v) is 5.45. The smallest absolute Gasteiger partial charge is 0.264 e. The van der Waals surface area contributed by atoms with Gasteiger partial charge >= 0.3 is 0 Å². The van der Waals surface area contributed by atoms with E-state index in [0.29, 0.717) is 42.7 Å². The van der Waals surface area contributed by atoms with E-state index >= 15 is 0 Å². The van der Waals surface area contributed by atoms with E-state index in [1.165, 1.54) is 11.3 Å². The fourth-order valence-electron chi connectivity index (χ4n) is 4.17. The first-order valence-electron chi connectivity index (χ1n) is 10.5. The van der Waals surface area contributed by atoms with E-state index in [2.05, 4.69) is 5.10 Å². The number of carbonyl (C=O) groups excluding carboxylic acids is 2. The number of halogens is 1. The molecule has 0 N–H and O–H groups in total. The summed E-state index contributed by atoms with van der Waals surface area (Å²) in [5.74, 6) is 0.0672. The standard InChI is InChI=1S/C22H23ClN4O3S/c1-14-17-13-19(31-22(17)27(24-14)16-6-4-15(23)5-7-16)21(29)26-10-8-25(9-11-26)20(28)18-3-2-12-30-18/h4-7,13,18H,2-3,8-12H2,1H3. The van der Waals surface area contributed by atoms with Gasteiger partial charge in [-0.05, 0) is 50.1 Å². The predicted octanol–water partition coefficient (Wildman–Crippen LogP) is 3.51. The highest BCUT2D eigenvalue weighted by molar-refractivity contribution is 7.20. The van der Waals surface area contributed by atoms with Crippen molar-refractivity contribution in [3.63, 3.8) is 0 Å². The Kier molecular flexibility index (Phi) is 5.45. The van der Waals surface area contributed by atoms with Gasteiger partial charge in [0.05, 0.1) is 16.3 Å². The van der Waals surface area contributed by atoms with Crippen LogP contribution in [0.2, 0.25) is 5.02 Å². The molecule has 31 heavy (non-hydrogen) atoms. The van der Waals surface area contributed by atoms with Gasteiger partial charge in [0, 0.05) is 43.2 Å². The molecule has 5 rings (SSSR count). The first-order valence-corrected chi connectivity index (χ1v) is 11.7. The maximum absolute atomic E-state index is 13.2. The molecule has 3 aromatic rings. The molecule has 4 heterocycles. The Bertz CT molecular complexity index is 1130. The summed E-state index contributed by atoms with van der Waals surface area (Å²) in [5.41, 5.74) is 1.79. The molecule has 0 saturated carbocycles. The maximum atomic E-state index is 13.2. The average Bonchev–Trinajstić information content (AvgIpc) is 3.52. The summed E-state index contributed by atoms with van der Waals surface area (Å²) in [6.07, 6.45) is 1.43. The largest absolute Gasteiger partial charge is 0.368 e. The first kappa shape index (κ1) is 20.5. The molecule has 0 radical (unpaired) electrons. The number of hydrogen-bond donors (Lipinski definition) is 0. The molecule has 2 aromatic heterocycles. The molecule has 0 spiro atoms. The maximum Gasteiger partial charge on any atom is 0.264 e. The lowest BCUT2D eigenvalue weighted by molar-refractivity contribution is -0.142. The van der Waals surface area contributed by atoms with Crippen LogP contribution in [0, 0.1) is 6.92 Å². The molecule has 2 saturated heterocycles. The second-order valence-corrected chi connectivity index (χ2v) is 9.39. The highest BCUT2D eigenvalue weighted by Crippen LogP contribution is 2.31. The summed E-state index contributed by atoms with van der Waals surface area (Å²) in [5, 5.41) is 6.28. The molecule has 2 fully saturated rings. The summed E-state index contributed by atoms with van der Waals surface area (Å²) in [6.45, 7) is 4.78. The second kappa shape index (κ2) is 8.26. The van der Waals surface area contributed by atoms with Crippen molar-refractivity contribution in [1.82, 2.24) is 19.6 Å². The third-order valence-corrected chi connectivity index (χ3v) is 7.26. The van der Waals surface area contributed by atoms with Crippen LogP contribution >= 0.6 is 22.9 Å². The van der Waals surface area contributed by atoms with Crippen LogP contribution in [0.5, 0.6) is 0 Å². The number of ether oxygens (including phenoxy) is 1. The van der Waals surface area contributed by atoms with Gasteiger partial charge in [0.15, 0.2) is 0 Å². The van der Waals surface area contributed by atoms with Crippen LogP contribution in [-0.4, -0.2) is 70.3 Å². The molecule has 2 aliphatic heterocycles. The van der Waals surface area contributed by atoms with E-state index in [4.69, 9.17) is 16.3 Å². The van der Waals surface area contributed by atoms with Gasteiger partial charge in [0.25, 0.3) is 11.8 Å². The van der Waals surface area contributed by atoms with Crippen LogP contribution in [0.15, 0.2) is 30.3 Å². The van der Waals surface area contributed by atoms with Crippen LogP contribution in [0.25, 0.3) is 15.9 Å². The zero-order valence-corrected chi connectivity index (χ0v) is 18.8. The molecule has 2 aliphatic rings. The van der Waals surface area contributed by atoms with E-state index in [9.17, 15) is 9.59 Å². The molecule has 1 aromatic carbocycles. The van der Waals surface area contributed by atoms with Crippen molar-refractivity contribution in [2.45, 2.75) is 25.9 Å². The van der Waals surface area contributed by atoms with E-state index in [0.717, 1.165) is 34.4 Å². The van der Waals surface area contributed by atoms with Crippen molar-refractivity contribution in [3.8, 4) is 5.69 Å². The molecule has 162 valence electrons. The quantitative estimate of drug-likeness (QED) is 0.602. The van der Waals surface area contributed by atoms with Gasteiger partial charge in [-0.2, -0.15) is 5.10 Å². The monoisotopic (exact) mass is 458 g/mol. The molecule has 1 atom stereocenters. The van der Waals surface area contributed by atoms with E-state index in [1.807, 2.05) is 51.7 Å². The van der Waals surface area contributed by atoms with E-state index < -0.39 is 0 Å². The molecule has 1 unspecified atom stereocenters. The summed E-state index contributed by atoms with van der Waals surface area (Å²) in [4.78, 5) is 31.0. The highest BCUT2D eigenvalue weighted by atomic mass is 35.5. The summed E-state index contributed by atoms with van der Waals surface area (Å²) in [6, 6.07) is 9.42. The Morgan fingerprint density at radius 3 is 2.52 bits per heavy atom. The predicted molar refractivity (Wildman–Crippen MR) is 120 cm³/mol. The summed E-state index contributed by atoms with van der Waals surface area (Å²) < 4.78 is 7.38. The van der Waals surface area contributed by atoms with Gasteiger partial charge in [-0.1, -0.05) is 11.6 Å². The lowest BCUT2D eigenvalue weighted by Gasteiger charge is -2.35. The zero-order valence-electron chi connectivity index (χ0n) is 17.2. The van der Waals surface area contributed by atoms with Crippen LogP contribution in [0.3, 0.4) is 0 Å². The Morgan fingerprint density at radius 1 is 1.13 bits per heavy atom. The Balaban J connectivity index is 1.32. The molecule has 2 amide bonds. The lowest BCUT2D eigenvalue weighted by Crippen LogP contribution is -2.52. The van der Waals surface area contributed by atoms with Gasteiger partial charge in [0.2, 0.25) is 0 Å². The number of amides is 2. The van der Waals surface area contributed by atoms with Crippen LogP contribution < -0.4 is 0 Å². The third-order valence-electron chi connectivity index (χ3n) is 5.91. The number of hydrogen-bond acceptors (Lipinski definition) is 5. The number of piperazine rings is 1. The van der Waals surface area contributed by atoms with Crippen molar-refractivity contribution in [3.05, 3.63) is 45.9 Å². The second-order valence-electron chi connectivity index (χ2n) is 7.92. The van der Waals surface area contributed by atoms with Crippen molar-refractivity contribution in [2.75, 3.05) is 32.8 Å². The first-order chi connectivity index (χ1) is 15.0. The number of benzene rings is 1. The van der Waals surface area contributed by atoms with Crippen LogP contribution in [0.4, 0.5) is 0 Å². The van der Waals surface area contributed by atoms with Gasteiger partial charge in [-0.15, -0.1) is 11.3 Å². The zero-order chi connectivity index (χ0) is 21.5. The van der Waals surface area contributed by atoms with E-state index in [1.54, 1.807) is 0 Å². The number of aryl methyl sites for hydroxylation is 1. The van der Waals surface area contributed by atoms with Crippen LogP contribution in [-0.2, 0) is 9.53 Å². The number of fused-ring (bicyclic) bond motifs is 1. The average molecular weight is 459 g/mol. The fraction of sp³-hybridized carbons (Fsp3) is 0.409. The van der Waals surface area contributed by atoms with Gasteiger partial charge in [-0.3, -0.25) is 9.59 Å². The van der Waals surface area contributed by atoms with Crippen molar-refractivity contribution >= 4 is 45.0 Å². The molecule has 0 aliphatic carbocycles. The highest BCUT2D eigenvalue weighted by Gasteiger charge is 2.32. The molecule has 9 heteroatoms. The van der Waals surface area contributed by atoms with Gasteiger partial charge in [-0.25, -0.2) is 4.68 Å². The topological polar surface area (TPSA) is 67.7 Å². The summed E-state index contributed by atoms with van der Waals surface area (Å²) >= 11 is 7.46. The molecular weight excluding hydrogens is 436 g/mol. The number of thiophene rings is 1. The number of aromatic nitrogens is 2. The molecular formula is C22H23ClN4O3S. The minimum absolute atomic E-state index is 0.00692. The normalized spacial score (nSPS) is 19.4. The third kappa shape index (κ3) is 3.84. The van der Waals surface area contributed by atoms with Crippen LogP contribution in [0.1, 0.15) is 28.2 Å². The number of rotatable bonds is 3. The van der Waals surface area contributed by atoms with Gasteiger partial charge in [0.1, 0.15) is 10.9 Å². The van der Waals surface area contributed by atoms with Crippen molar-refractivity contribution in [2.24, 2.45) is 0 Å². The number of carbonyl (C=O) groups is 2. The number of nitrogens with zero attached hydrogens (tertiary/aromatic N) is 4. The minimum Gasteiger partial charge on any atom is -0.368 e. The molecule has 7 nitrogen and oxygen atoms in total. The van der Waals surface area contributed by atoms with Crippen molar-refractivity contribution in [1.29, 1.82) is 0 Å². The lowest BCUT2D eigenvalue weighted by atomic mass is 10.2.